The first-order valence-electron chi connectivity index (χ1n) is 4.59. The number of hydrogen-bond acceptors (Lipinski definition) is 1. The van der Waals surface area contributed by atoms with Crippen molar-refractivity contribution in [3.05, 3.63) is 23.4 Å². The number of likely N-dealkylation sites (N-methyl/N-ethyl adjacent to an activating group) is 1. The van der Waals surface area contributed by atoms with Crippen molar-refractivity contribution < 1.29 is 4.79 Å². The van der Waals surface area contributed by atoms with Crippen molar-refractivity contribution in [2.75, 3.05) is 13.6 Å². The maximum atomic E-state index is 11.3. The first kappa shape index (κ1) is 8.35. The van der Waals surface area contributed by atoms with Gasteiger partial charge >= 0.3 is 6.03 Å². The molecule has 1 aliphatic carbocycles. The lowest BCUT2D eigenvalue weighted by Gasteiger charge is -2.30. The molecule has 0 radical (unpaired) electrons. The third-order valence-electron chi connectivity index (χ3n) is 2.56. The summed E-state index contributed by atoms with van der Waals surface area (Å²) in [5.41, 5.74) is 2.36. The molecule has 0 aromatic rings. The van der Waals surface area contributed by atoms with Gasteiger partial charge in [0.25, 0.3) is 0 Å². The molecular formula is C10H14N2O. The molecule has 3 nitrogen and oxygen atoms in total. The highest BCUT2D eigenvalue weighted by Gasteiger charge is 2.23. The molecule has 0 spiro atoms. The minimum atomic E-state index is -0.00190. The molecule has 1 aliphatic heterocycles. The summed E-state index contributed by atoms with van der Waals surface area (Å²) in [6.45, 7) is 2.96. The molecule has 3 heteroatoms. The lowest BCUT2D eigenvalue weighted by Crippen LogP contribution is -2.43. The Balaban J connectivity index is 2.25. The molecule has 0 saturated heterocycles. The van der Waals surface area contributed by atoms with Gasteiger partial charge in [-0.15, -0.1) is 0 Å². The molecule has 70 valence electrons. The second-order valence-electron chi connectivity index (χ2n) is 3.84. The quantitative estimate of drug-likeness (QED) is 0.599. The van der Waals surface area contributed by atoms with Crippen LogP contribution < -0.4 is 5.32 Å². The zero-order valence-electron chi connectivity index (χ0n) is 8.00. The van der Waals surface area contributed by atoms with E-state index in [0.717, 1.165) is 18.7 Å². The molecule has 0 aromatic carbocycles. The summed E-state index contributed by atoms with van der Waals surface area (Å²) in [6, 6.07) is -0.00190. The van der Waals surface area contributed by atoms with Crippen LogP contribution in [-0.2, 0) is 0 Å². The maximum absolute atomic E-state index is 11.3. The molecule has 1 N–H and O–H groups in total. The Morgan fingerprint density at radius 3 is 3.15 bits per heavy atom. The number of carbonyl (C=O) groups is 1. The summed E-state index contributed by atoms with van der Waals surface area (Å²) >= 11 is 0. The van der Waals surface area contributed by atoms with E-state index in [1.165, 1.54) is 5.57 Å². The Morgan fingerprint density at radius 1 is 1.62 bits per heavy atom. The smallest absolute Gasteiger partial charge is 0.321 e. The molecule has 1 heterocycles. The number of nitrogens with one attached hydrogen (secondary N) is 1. The van der Waals surface area contributed by atoms with E-state index in [1.54, 1.807) is 4.90 Å². The Hall–Kier alpha value is -1.25. The SMILES string of the molecule is CC1C=CC2=C(C1)CN(C)C(=O)N2. The van der Waals surface area contributed by atoms with Gasteiger partial charge in [0.2, 0.25) is 0 Å². The summed E-state index contributed by atoms with van der Waals surface area (Å²) in [4.78, 5) is 13.0. The van der Waals surface area contributed by atoms with Gasteiger partial charge in [0, 0.05) is 19.3 Å². The summed E-state index contributed by atoms with van der Waals surface area (Å²) in [5, 5.41) is 2.87. The summed E-state index contributed by atoms with van der Waals surface area (Å²) in [7, 11) is 1.82. The minimum Gasteiger partial charge on any atom is -0.324 e. The number of urea groups is 1. The molecule has 1 unspecified atom stereocenters. The highest BCUT2D eigenvalue weighted by molar-refractivity contribution is 5.78. The molecule has 0 aromatic heterocycles. The van der Waals surface area contributed by atoms with Crippen LogP contribution in [0.4, 0.5) is 4.79 Å². The van der Waals surface area contributed by atoms with Crippen LogP contribution in [0.2, 0.25) is 0 Å². The zero-order chi connectivity index (χ0) is 9.42. The summed E-state index contributed by atoms with van der Waals surface area (Å²) in [5.74, 6) is 0.599. The fraction of sp³-hybridized carbons (Fsp3) is 0.500. The van der Waals surface area contributed by atoms with Crippen LogP contribution in [-0.4, -0.2) is 24.5 Å². The fourth-order valence-corrected chi connectivity index (χ4v) is 1.79. The number of amides is 2. The first-order valence-corrected chi connectivity index (χ1v) is 4.59. The first-order chi connectivity index (χ1) is 6.16. The van der Waals surface area contributed by atoms with E-state index in [4.69, 9.17) is 0 Å². The van der Waals surface area contributed by atoms with Gasteiger partial charge in [0.1, 0.15) is 0 Å². The molecule has 13 heavy (non-hydrogen) atoms. The van der Waals surface area contributed by atoms with Crippen LogP contribution in [0.3, 0.4) is 0 Å². The van der Waals surface area contributed by atoms with Gasteiger partial charge in [0.05, 0.1) is 0 Å². The predicted octanol–water partition coefficient (Wildman–Crippen LogP) is 1.49. The number of allylic oxidation sites excluding steroid dienone is 2. The van der Waals surface area contributed by atoms with Crippen molar-refractivity contribution in [3.8, 4) is 0 Å². The third-order valence-corrected chi connectivity index (χ3v) is 2.56. The van der Waals surface area contributed by atoms with Gasteiger partial charge in [-0.25, -0.2) is 4.79 Å². The molecule has 2 rings (SSSR count). The minimum absolute atomic E-state index is 0.00190. The van der Waals surface area contributed by atoms with Gasteiger partial charge in [0.15, 0.2) is 0 Å². The Kier molecular flexibility index (Phi) is 1.87. The van der Waals surface area contributed by atoms with Crippen molar-refractivity contribution in [1.82, 2.24) is 10.2 Å². The standard InChI is InChI=1S/C10H14N2O/c1-7-3-4-9-8(5-7)6-12(2)10(13)11-9/h3-4,7H,5-6H2,1-2H3,(H,11,13). The fourth-order valence-electron chi connectivity index (χ4n) is 1.79. The van der Waals surface area contributed by atoms with E-state index < -0.39 is 0 Å². The van der Waals surface area contributed by atoms with Gasteiger partial charge in [-0.1, -0.05) is 13.0 Å². The topological polar surface area (TPSA) is 32.3 Å². The maximum Gasteiger partial charge on any atom is 0.321 e. The van der Waals surface area contributed by atoms with Crippen molar-refractivity contribution in [1.29, 1.82) is 0 Å². The number of carbonyl (C=O) groups excluding carboxylic acids is 1. The van der Waals surface area contributed by atoms with E-state index >= 15 is 0 Å². The van der Waals surface area contributed by atoms with E-state index in [1.807, 2.05) is 13.1 Å². The number of nitrogens with zero attached hydrogens (tertiary/aromatic N) is 1. The van der Waals surface area contributed by atoms with Crippen LogP contribution in [0.25, 0.3) is 0 Å². The Labute approximate surface area is 78.1 Å². The third kappa shape index (κ3) is 1.46. The molecule has 0 bridgehead atoms. The van der Waals surface area contributed by atoms with Gasteiger partial charge in [-0.3, -0.25) is 0 Å². The lowest BCUT2D eigenvalue weighted by atomic mass is 9.93. The normalized spacial score (nSPS) is 27.4. The number of rotatable bonds is 0. The molecule has 0 fully saturated rings. The molecule has 1 atom stereocenters. The van der Waals surface area contributed by atoms with E-state index in [2.05, 4.69) is 18.3 Å². The van der Waals surface area contributed by atoms with Crippen LogP contribution in [0.5, 0.6) is 0 Å². The predicted molar refractivity (Wildman–Crippen MR) is 51.1 cm³/mol. The average Bonchev–Trinajstić information content (AvgIpc) is 2.08. The molecule has 2 amide bonds. The van der Waals surface area contributed by atoms with Crippen molar-refractivity contribution >= 4 is 6.03 Å². The van der Waals surface area contributed by atoms with E-state index in [0.29, 0.717) is 5.92 Å². The monoisotopic (exact) mass is 178 g/mol. The Bertz CT molecular complexity index is 304. The molecular weight excluding hydrogens is 164 g/mol. The molecule has 2 aliphatic rings. The summed E-state index contributed by atoms with van der Waals surface area (Å²) in [6.07, 6.45) is 5.23. The van der Waals surface area contributed by atoms with Crippen LogP contribution in [0, 0.1) is 5.92 Å². The van der Waals surface area contributed by atoms with Crippen molar-refractivity contribution in [2.45, 2.75) is 13.3 Å². The number of hydrogen-bond donors (Lipinski definition) is 1. The van der Waals surface area contributed by atoms with Crippen molar-refractivity contribution in [3.63, 3.8) is 0 Å². The molecule has 0 saturated carbocycles. The lowest BCUT2D eigenvalue weighted by molar-refractivity contribution is 0.211. The van der Waals surface area contributed by atoms with E-state index in [9.17, 15) is 4.79 Å². The Morgan fingerprint density at radius 2 is 2.38 bits per heavy atom. The average molecular weight is 178 g/mol. The second kappa shape index (κ2) is 2.91. The highest BCUT2D eigenvalue weighted by Crippen LogP contribution is 2.24. The van der Waals surface area contributed by atoms with Crippen LogP contribution in [0.1, 0.15) is 13.3 Å². The van der Waals surface area contributed by atoms with Gasteiger partial charge in [-0.05, 0) is 24.0 Å². The highest BCUT2D eigenvalue weighted by atomic mass is 16.2. The van der Waals surface area contributed by atoms with Crippen molar-refractivity contribution in [2.24, 2.45) is 5.92 Å². The van der Waals surface area contributed by atoms with Crippen LogP contribution >= 0.6 is 0 Å². The second-order valence-corrected chi connectivity index (χ2v) is 3.84. The van der Waals surface area contributed by atoms with Gasteiger partial charge in [-0.2, -0.15) is 0 Å². The van der Waals surface area contributed by atoms with Crippen LogP contribution in [0.15, 0.2) is 23.4 Å². The van der Waals surface area contributed by atoms with Gasteiger partial charge < -0.3 is 10.2 Å². The summed E-state index contributed by atoms with van der Waals surface area (Å²) < 4.78 is 0. The van der Waals surface area contributed by atoms with E-state index in [-0.39, 0.29) is 6.03 Å². The largest absolute Gasteiger partial charge is 0.324 e. The zero-order valence-corrected chi connectivity index (χ0v) is 8.00.